The van der Waals surface area contributed by atoms with Gasteiger partial charge in [0.15, 0.2) is 0 Å². The Morgan fingerprint density at radius 3 is 2.63 bits per heavy atom. The molecule has 2 heterocycles. The summed E-state index contributed by atoms with van der Waals surface area (Å²) in [7, 11) is 0. The zero-order valence-electron chi connectivity index (χ0n) is 10.1. The number of carbonyl (C=O) groups excluding carboxylic acids is 2. The van der Waals surface area contributed by atoms with Gasteiger partial charge in [0.25, 0.3) is 0 Å². The lowest BCUT2D eigenvalue weighted by Crippen LogP contribution is -2.51. The summed E-state index contributed by atoms with van der Waals surface area (Å²) in [5.41, 5.74) is 7.93. The second-order valence-corrected chi connectivity index (χ2v) is 4.40. The lowest BCUT2D eigenvalue weighted by Gasteiger charge is -2.28. The molecule has 0 spiro atoms. The van der Waals surface area contributed by atoms with E-state index in [1.54, 1.807) is 23.2 Å². The van der Waals surface area contributed by atoms with Gasteiger partial charge in [-0.25, -0.2) is 0 Å². The van der Waals surface area contributed by atoms with Crippen LogP contribution in [0.5, 0.6) is 0 Å². The number of anilines is 2. The highest BCUT2D eigenvalue weighted by Gasteiger charge is 2.23. The fourth-order valence-corrected chi connectivity index (χ4v) is 2.27. The summed E-state index contributed by atoms with van der Waals surface area (Å²) in [4.78, 5) is 28.9. The van der Waals surface area contributed by atoms with Gasteiger partial charge < -0.3 is 10.6 Å². The molecule has 96 valence electrons. The number of imide groups is 1. The Kier molecular flexibility index (Phi) is 2.56. The number of nitrogens with two attached hydrogens (primary N) is 1. The van der Waals surface area contributed by atoms with Gasteiger partial charge in [0.05, 0.1) is 24.3 Å². The first-order chi connectivity index (χ1) is 9.15. The van der Waals surface area contributed by atoms with Gasteiger partial charge in [-0.15, -0.1) is 0 Å². The molecule has 2 amide bonds. The summed E-state index contributed by atoms with van der Waals surface area (Å²) < 4.78 is 0. The number of fused-ring (bicyclic) bond motifs is 1. The molecule has 1 saturated heterocycles. The largest absolute Gasteiger partial charge is 0.397 e. The van der Waals surface area contributed by atoms with Gasteiger partial charge >= 0.3 is 0 Å². The van der Waals surface area contributed by atoms with E-state index in [1.807, 2.05) is 12.1 Å². The van der Waals surface area contributed by atoms with Gasteiger partial charge in [-0.1, -0.05) is 12.1 Å². The topological polar surface area (TPSA) is 88.3 Å². The molecule has 19 heavy (non-hydrogen) atoms. The van der Waals surface area contributed by atoms with Crippen LogP contribution in [0.1, 0.15) is 0 Å². The fraction of sp³-hybridized carbons (Fsp3) is 0.154. The maximum atomic E-state index is 11.4. The van der Waals surface area contributed by atoms with Crippen molar-refractivity contribution in [3.05, 3.63) is 30.5 Å². The number of amides is 2. The molecule has 1 aliphatic heterocycles. The summed E-state index contributed by atoms with van der Waals surface area (Å²) in [6, 6.07) is 7.26. The van der Waals surface area contributed by atoms with Gasteiger partial charge in [0, 0.05) is 17.3 Å². The van der Waals surface area contributed by atoms with E-state index in [2.05, 4.69) is 10.3 Å². The molecule has 0 atom stereocenters. The van der Waals surface area contributed by atoms with Crippen LogP contribution < -0.4 is 16.0 Å². The standard InChI is InChI=1S/C13H12N4O2/c14-9-3-1-2-8-10(4-5-15-13(8)9)17-6-11(18)16-12(19)7-17/h1-5H,6-7,14H2,(H,16,18,19). The molecule has 3 rings (SSSR count). The normalized spacial score (nSPS) is 15.7. The van der Waals surface area contributed by atoms with Gasteiger partial charge in [-0.05, 0) is 12.1 Å². The van der Waals surface area contributed by atoms with Gasteiger partial charge in [-0.2, -0.15) is 0 Å². The third-order valence-corrected chi connectivity index (χ3v) is 3.07. The molecule has 0 bridgehead atoms. The first-order valence-corrected chi connectivity index (χ1v) is 5.86. The SMILES string of the molecule is Nc1cccc2c(N3CC(=O)NC(=O)C3)ccnc12. The summed E-state index contributed by atoms with van der Waals surface area (Å²) >= 11 is 0. The van der Waals surface area contributed by atoms with E-state index in [4.69, 9.17) is 5.73 Å². The van der Waals surface area contributed by atoms with E-state index in [9.17, 15) is 9.59 Å². The number of piperazine rings is 1. The summed E-state index contributed by atoms with van der Waals surface area (Å²) in [6.45, 7) is 0.305. The first kappa shape index (κ1) is 11.5. The van der Waals surface area contributed by atoms with Crippen molar-refractivity contribution in [2.75, 3.05) is 23.7 Å². The molecule has 1 fully saturated rings. The first-order valence-electron chi connectivity index (χ1n) is 5.86. The van der Waals surface area contributed by atoms with Crippen LogP contribution in [0.2, 0.25) is 0 Å². The van der Waals surface area contributed by atoms with Crippen LogP contribution in [0.15, 0.2) is 30.5 Å². The predicted octanol–water partition coefficient (Wildman–Crippen LogP) is 0.280. The fourth-order valence-electron chi connectivity index (χ4n) is 2.27. The monoisotopic (exact) mass is 256 g/mol. The van der Waals surface area contributed by atoms with Gasteiger partial charge in [-0.3, -0.25) is 19.9 Å². The van der Waals surface area contributed by atoms with Crippen molar-refractivity contribution in [3.8, 4) is 0 Å². The molecule has 2 aromatic rings. The lowest BCUT2D eigenvalue weighted by atomic mass is 10.1. The van der Waals surface area contributed by atoms with Crippen LogP contribution in [0.4, 0.5) is 11.4 Å². The smallest absolute Gasteiger partial charge is 0.246 e. The van der Waals surface area contributed by atoms with Crippen molar-refractivity contribution < 1.29 is 9.59 Å². The maximum absolute atomic E-state index is 11.4. The number of aromatic nitrogens is 1. The second kappa shape index (κ2) is 4.24. The number of nitrogens with one attached hydrogen (secondary N) is 1. The summed E-state index contributed by atoms with van der Waals surface area (Å²) in [5, 5.41) is 3.12. The minimum atomic E-state index is -0.301. The summed E-state index contributed by atoms with van der Waals surface area (Å²) in [6.07, 6.45) is 1.63. The molecule has 0 aliphatic carbocycles. The molecule has 3 N–H and O–H groups in total. The minimum Gasteiger partial charge on any atom is -0.397 e. The van der Waals surface area contributed by atoms with E-state index < -0.39 is 0 Å². The molecule has 6 nitrogen and oxygen atoms in total. The number of rotatable bonds is 1. The highest BCUT2D eigenvalue weighted by molar-refractivity contribution is 6.06. The molecule has 0 saturated carbocycles. The molecule has 0 radical (unpaired) electrons. The Morgan fingerprint density at radius 2 is 1.89 bits per heavy atom. The Labute approximate surface area is 109 Å². The highest BCUT2D eigenvalue weighted by Crippen LogP contribution is 2.28. The highest BCUT2D eigenvalue weighted by atomic mass is 16.2. The zero-order valence-corrected chi connectivity index (χ0v) is 10.1. The molecule has 1 aromatic heterocycles. The van der Waals surface area contributed by atoms with E-state index >= 15 is 0 Å². The average Bonchev–Trinajstić information content (AvgIpc) is 2.37. The van der Waals surface area contributed by atoms with Crippen molar-refractivity contribution >= 4 is 34.1 Å². The molecular formula is C13H12N4O2. The van der Waals surface area contributed by atoms with Crippen molar-refractivity contribution in [1.82, 2.24) is 10.3 Å². The van der Waals surface area contributed by atoms with Crippen molar-refractivity contribution in [2.24, 2.45) is 0 Å². The van der Waals surface area contributed by atoms with Crippen LogP contribution in [0.3, 0.4) is 0 Å². The number of nitrogen functional groups attached to an aromatic ring is 1. The van der Waals surface area contributed by atoms with Gasteiger partial charge in [0.2, 0.25) is 11.8 Å². The van der Waals surface area contributed by atoms with Crippen LogP contribution in [-0.4, -0.2) is 29.9 Å². The van der Waals surface area contributed by atoms with Crippen molar-refractivity contribution in [1.29, 1.82) is 0 Å². The minimum absolute atomic E-state index is 0.152. The van der Waals surface area contributed by atoms with Crippen LogP contribution >= 0.6 is 0 Å². The third-order valence-electron chi connectivity index (χ3n) is 3.07. The molecule has 0 unspecified atom stereocenters. The van der Waals surface area contributed by atoms with E-state index in [-0.39, 0.29) is 24.9 Å². The number of hydrogen-bond donors (Lipinski definition) is 2. The van der Waals surface area contributed by atoms with E-state index in [0.29, 0.717) is 11.2 Å². The predicted molar refractivity (Wildman–Crippen MR) is 71.5 cm³/mol. The number of carbonyl (C=O) groups is 2. The van der Waals surface area contributed by atoms with Crippen molar-refractivity contribution in [3.63, 3.8) is 0 Å². The van der Waals surface area contributed by atoms with Crippen molar-refractivity contribution in [2.45, 2.75) is 0 Å². The average molecular weight is 256 g/mol. The number of hydrogen-bond acceptors (Lipinski definition) is 5. The number of para-hydroxylation sites is 1. The molecule has 6 heteroatoms. The zero-order chi connectivity index (χ0) is 13.4. The summed E-state index contributed by atoms with van der Waals surface area (Å²) in [5.74, 6) is -0.602. The number of benzene rings is 1. The van der Waals surface area contributed by atoms with Gasteiger partial charge in [0.1, 0.15) is 0 Å². The Balaban J connectivity index is 2.12. The molecule has 1 aliphatic rings. The Morgan fingerprint density at radius 1 is 1.16 bits per heavy atom. The number of nitrogens with zero attached hydrogens (tertiary/aromatic N) is 2. The van der Waals surface area contributed by atoms with E-state index in [1.165, 1.54) is 0 Å². The quantitative estimate of drug-likeness (QED) is 0.565. The Bertz CT molecular complexity index is 667. The van der Waals surface area contributed by atoms with E-state index in [0.717, 1.165) is 11.1 Å². The third kappa shape index (κ3) is 1.97. The number of pyridine rings is 1. The Hall–Kier alpha value is -2.63. The van der Waals surface area contributed by atoms with Crippen LogP contribution in [-0.2, 0) is 9.59 Å². The lowest BCUT2D eigenvalue weighted by molar-refractivity contribution is -0.130. The maximum Gasteiger partial charge on any atom is 0.246 e. The van der Waals surface area contributed by atoms with Crippen LogP contribution in [0.25, 0.3) is 10.9 Å². The second-order valence-electron chi connectivity index (χ2n) is 4.40. The molecular weight excluding hydrogens is 244 g/mol. The van der Waals surface area contributed by atoms with Crippen LogP contribution in [0, 0.1) is 0 Å². The molecule has 1 aromatic carbocycles.